The Bertz CT molecular complexity index is 416. The molecule has 4 nitrogen and oxygen atoms in total. The van der Waals surface area contributed by atoms with Gasteiger partial charge in [0.05, 0.1) is 11.6 Å². The lowest BCUT2D eigenvalue weighted by atomic mass is 10.2. The van der Waals surface area contributed by atoms with E-state index in [9.17, 15) is 0 Å². The van der Waals surface area contributed by atoms with Crippen LogP contribution < -0.4 is 10.1 Å². The first-order valence-corrected chi connectivity index (χ1v) is 7.82. The van der Waals surface area contributed by atoms with Crippen molar-refractivity contribution in [3.8, 4) is 5.75 Å². The van der Waals surface area contributed by atoms with Crippen LogP contribution in [0.15, 0.2) is 12.1 Å². The highest BCUT2D eigenvalue weighted by Gasteiger charge is 2.10. The van der Waals surface area contributed by atoms with Gasteiger partial charge in [-0.1, -0.05) is 30.1 Å². The molecule has 0 aliphatic heterocycles. The lowest BCUT2D eigenvalue weighted by molar-refractivity contribution is 0.0804. The van der Waals surface area contributed by atoms with Gasteiger partial charge in [0.25, 0.3) is 0 Å². The molecule has 0 aliphatic rings. The quantitative estimate of drug-likeness (QED) is 0.628. The van der Waals surface area contributed by atoms with Crippen LogP contribution in [0.4, 0.5) is 0 Å². The zero-order chi connectivity index (χ0) is 15.5. The minimum atomic E-state index is 0.452. The Morgan fingerprint density at radius 1 is 1.10 bits per heavy atom. The van der Waals surface area contributed by atoms with Crippen molar-refractivity contribution < 1.29 is 14.2 Å². The normalized spacial score (nSPS) is 10.9. The smallest absolute Gasteiger partial charge is 0.142 e. The molecule has 0 heterocycles. The third-order valence-electron chi connectivity index (χ3n) is 2.76. The topological polar surface area (TPSA) is 39.7 Å². The van der Waals surface area contributed by atoms with Crippen LogP contribution in [0.3, 0.4) is 0 Å². The molecule has 6 heteroatoms. The van der Waals surface area contributed by atoms with Gasteiger partial charge in [-0.25, -0.2) is 0 Å². The first-order chi connectivity index (χ1) is 10.2. The molecule has 0 amide bonds. The molecule has 1 aromatic rings. The highest BCUT2D eigenvalue weighted by Crippen LogP contribution is 2.32. The molecule has 1 N–H and O–H groups in total. The Morgan fingerprint density at radius 3 is 2.62 bits per heavy atom. The van der Waals surface area contributed by atoms with E-state index in [1.165, 1.54) is 0 Å². The monoisotopic (exact) mass is 335 g/mol. The maximum absolute atomic E-state index is 6.20. The van der Waals surface area contributed by atoms with Gasteiger partial charge in [-0.15, -0.1) is 0 Å². The molecule has 0 bridgehead atoms. The van der Waals surface area contributed by atoms with Crippen LogP contribution in [-0.4, -0.2) is 40.1 Å². The van der Waals surface area contributed by atoms with E-state index in [1.54, 1.807) is 13.2 Å². The number of rotatable bonds is 11. The number of benzene rings is 1. The van der Waals surface area contributed by atoms with Crippen LogP contribution in [0.1, 0.15) is 18.9 Å². The minimum Gasteiger partial charge on any atom is -0.489 e. The average molecular weight is 336 g/mol. The average Bonchev–Trinajstić information content (AvgIpc) is 2.46. The Kier molecular flexibility index (Phi) is 9.79. The van der Waals surface area contributed by atoms with Crippen molar-refractivity contribution in [1.29, 1.82) is 0 Å². The summed E-state index contributed by atoms with van der Waals surface area (Å²) in [5.74, 6) is 0.669. The van der Waals surface area contributed by atoms with E-state index >= 15 is 0 Å². The zero-order valence-corrected chi connectivity index (χ0v) is 14.1. The molecule has 0 spiro atoms. The Morgan fingerprint density at radius 2 is 1.90 bits per heavy atom. The fourth-order valence-corrected chi connectivity index (χ4v) is 2.37. The third kappa shape index (κ3) is 7.34. The van der Waals surface area contributed by atoms with E-state index in [0.29, 0.717) is 48.8 Å². The summed E-state index contributed by atoms with van der Waals surface area (Å²) in [5.41, 5.74) is 0.953. The van der Waals surface area contributed by atoms with Crippen molar-refractivity contribution >= 4 is 23.2 Å². The summed E-state index contributed by atoms with van der Waals surface area (Å²) < 4.78 is 16.1. The van der Waals surface area contributed by atoms with E-state index in [2.05, 4.69) is 5.32 Å². The third-order valence-corrected chi connectivity index (χ3v) is 3.26. The first-order valence-electron chi connectivity index (χ1n) is 7.07. The minimum absolute atomic E-state index is 0.452. The van der Waals surface area contributed by atoms with Gasteiger partial charge in [-0.3, -0.25) is 0 Å². The van der Waals surface area contributed by atoms with Crippen molar-refractivity contribution in [2.24, 2.45) is 0 Å². The molecule has 0 saturated heterocycles. The Labute approximate surface area is 136 Å². The summed E-state index contributed by atoms with van der Waals surface area (Å²) in [6.07, 6.45) is 0.879. The van der Waals surface area contributed by atoms with Crippen LogP contribution in [0.25, 0.3) is 0 Å². The summed E-state index contributed by atoms with van der Waals surface area (Å²) >= 11 is 12.2. The van der Waals surface area contributed by atoms with Gasteiger partial charge >= 0.3 is 0 Å². The summed E-state index contributed by atoms with van der Waals surface area (Å²) in [7, 11) is 1.68. The molecule has 1 aromatic carbocycles. The Balaban J connectivity index is 2.45. The number of nitrogens with one attached hydrogen (secondary N) is 1. The van der Waals surface area contributed by atoms with E-state index in [1.807, 2.05) is 13.0 Å². The lowest BCUT2D eigenvalue weighted by Gasteiger charge is -2.14. The SMILES string of the molecule is CCNCc1cc(Cl)cc(Cl)c1OCCOCCCOC. The van der Waals surface area contributed by atoms with Gasteiger partial charge in [0.15, 0.2) is 0 Å². The van der Waals surface area contributed by atoms with Gasteiger partial charge in [0.1, 0.15) is 12.4 Å². The molecule has 0 fully saturated rings. The largest absolute Gasteiger partial charge is 0.489 e. The number of hydrogen-bond donors (Lipinski definition) is 1. The highest BCUT2D eigenvalue weighted by molar-refractivity contribution is 6.35. The van der Waals surface area contributed by atoms with Gasteiger partial charge in [-0.05, 0) is 25.1 Å². The first kappa shape index (κ1) is 18.5. The predicted molar refractivity (Wildman–Crippen MR) is 86.6 cm³/mol. The van der Waals surface area contributed by atoms with Crippen molar-refractivity contribution in [2.45, 2.75) is 19.9 Å². The van der Waals surface area contributed by atoms with E-state index in [4.69, 9.17) is 37.4 Å². The fraction of sp³-hybridized carbons (Fsp3) is 0.600. The maximum atomic E-state index is 6.20. The molecule has 21 heavy (non-hydrogen) atoms. The second-order valence-electron chi connectivity index (χ2n) is 4.46. The van der Waals surface area contributed by atoms with Crippen LogP contribution in [0, 0.1) is 0 Å². The molecule has 0 unspecified atom stereocenters. The van der Waals surface area contributed by atoms with Gasteiger partial charge in [-0.2, -0.15) is 0 Å². The maximum Gasteiger partial charge on any atom is 0.142 e. The molecule has 1 rings (SSSR count). The molecule has 0 radical (unpaired) electrons. The molecule has 120 valence electrons. The van der Waals surface area contributed by atoms with Gasteiger partial charge in [0, 0.05) is 37.5 Å². The van der Waals surface area contributed by atoms with E-state index in [0.717, 1.165) is 18.5 Å². The van der Waals surface area contributed by atoms with Crippen LogP contribution in [-0.2, 0) is 16.0 Å². The second kappa shape index (κ2) is 11.1. The number of methoxy groups -OCH3 is 1. The van der Waals surface area contributed by atoms with Crippen LogP contribution in [0.5, 0.6) is 5.75 Å². The molecular weight excluding hydrogens is 313 g/mol. The summed E-state index contributed by atoms with van der Waals surface area (Å²) in [5, 5.41) is 4.37. The number of ether oxygens (including phenoxy) is 3. The van der Waals surface area contributed by atoms with Gasteiger partial charge in [0.2, 0.25) is 0 Å². The van der Waals surface area contributed by atoms with Crippen LogP contribution >= 0.6 is 23.2 Å². The predicted octanol–water partition coefficient (Wildman–Crippen LogP) is 3.53. The van der Waals surface area contributed by atoms with Crippen molar-refractivity contribution in [1.82, 2.24) is 5.32 Å². The Hall–Kier alpha value is -0.520. The van der Waals surface area contributed by atoms with Gasteiger partial charge < -0.3 is 19.5 Å². The van der Waals surface area contributed by atoms with Crippen molar-refractivity contribution in [3.63, 3.8) is 0 Å². The fourth-order valence-electron chi connectivity index (χ4n) is 1.78. The molecule has 0 saturated carbocycles. The molecule has 0 atom stereocenters. The second-order valence-corrected chi connectivity index (χ2v) is 5.31. The zero-order valence-electron chi connectivity index (χ0n) is 12.6. The lowest BCUT2D eigenvalue weighted by Crippen LogP contribution is -2.14. The summed E-state index contributed by atoms with van der Waals surface area (Å²) in [6.45, 7) is 5.91. The molecular formula is C15H23Cl2NO3. The summed E-state index contributed by atoms with van der Waals surface area (Å²) in [4.78, 5) is 0. The van der Waals surface area contributed by atoms with Crippen molar-refractivity contribution in [2.75, 3.05) is 40.1 Å². The molecule has 0 aromatic heterocycles. The number of halogens is 2. The number of hydrogen-bond acceptors (Lipinski definition) is 4. The van der Waals surface area contributed by atoms with E-state index in [-0.39, 0.29) is 0 Å². The van der Waals surface area contributed by atoms with E-state index < -0.39 is 0 Å². The van der Waals surface area contributed by atoms with Crippen molar-refractivity contribution in [3.05, 3.63) is 27.7 Å². The van der Waals surface area contributed by atoms with Crippen LogP contribution in [0.2, 0.25) is 10.0 Å². The summed E-state index contributed by atoms with van der Waals surface area (Å²) in [6, 6.07) is 3.55. The standard InChI is InChI=1S/C15H23Cl2NO3/c1-3-18-11-12-9-13(16)10-14(17)15(12)21-8-7-20-6-4-5-19-2/h9-10,18H,3-8,11H2,1-2H3. The highest BCUT2D eigenvalue weighted by atomic mass is 35.5. The molecule has 0 aliphatic carbocycles.